The number of carbonyl (C=O) groups is 1. The van der Waals surface area contributed by atoms with E-state index in [9.17, 15) is 18.0 Å². The lowest BCUT2D eigenvalue weighted by molar-refractivity contribution is -0.182. The second-order valence-electron chi connectivity index (χ2n) is 5.60. The fourth-order valence-corrected chi connectivity index (χ4v) is 2.83. The summed E-state index contributed by atoms with van der Waals surface area (Å²) in [5.74, 6) is -1.25. The Labute approximate surface area is 132 Å². The molecule has 22 heavy (non-hydrogen) atoms. The molecule has 3 nitrogen and oxygen atoms in total. The molecular weight excluding hydrogens is 317 g/mol. The number of anilines is 1. The molecule has 7 heteroatoms. The minimum absolute atomic E-state index is 0.0602. The third-order valence-corrected chi connectivity index (χ3v) is 4.45. The minimum atomic E-state index is -4.13. The Morgan fingerprint density at radius 2 is 1.86 bits per heavy atom. The highest BCUT2D eigenvalue weighted by atomic mass is 35.5. The molecule has 0 aliphatic heterocycles. The molecule has 122 valence electrons. The number of carbonyl (C=O) groups excluding carboxylic acids is 1. The molecule has 1 aromatic carbocycles. The molecule has 0 bridgehead atoms. The maximum absolute atomic E-state index is 12.6. The molecule has 1 aliphatic carbocycles. The van der Waals surface area contributed by atoms with Gasteiger partial charge in [0.15, 0.2) is 0 Å². The number of amides is 2. The largest absolute Gasteiger partial charge is 0.391 e. The average molecular weight is 335 g/mol. The monoisotopic (exact) mass is 334 g/mol. The molecule has 2 amide bonds. The number of halogens is 4. The zero-order valence-electron chi connectivity index (χ0n) is 12.1. The zero-order chi connectivity index (χ0) is 16.3. The number of hydrogen-bond donors (Lipinski definition) is 2. The molecule has 0 saturated heterocycles. The molecule has 1 aliphatic rings. The van der Waals surface area contributed by atoms with Gasteiger partial charge in [0.1, 0.15) is 0 Å². The summed E-state index contributed by atoms with van der Waals surface area (Å²) in [5.41, 5.74) is 1.34. The van der Waals surface area contributed by atoms with Crippen LogP contribution in [0.15, 0.2) is 18.2 Å². The highest BCUT2D eigenvalue weighted by Gasteiger charge is 2.41. The Morgan fingerprint density at radius 1 is 1.23 bits per heavy atom. The van der Waals surface area contributed by atoms with Crippen molar-refractivity contribution in [3.05, 3.63) is 28.8 Å². The number of nitrogens with one attached hydrogen (secondary N) is 2. The standard InChI is InChI=1S/C15H18ClF3N2O/c1-9-12(16)3-2-4-13(9)21-14(22)20-11-7-5-10(6-8-11)15(17,18)19/h2-4,10-11H,5-8H2,1H3,(H2,20,21,22). The molecule has 2 rings (SSSR count). The van der Waals surface area contributed by atoms with Crippen LogP contribution in [0.25, 0.3) is 0 Å². The lowest BCUT2D eigenvalue weighted by Crippen LogP contribution is -2.42. The predicted molar refractivity (Wildman–Crippen MR) is 80.1 cm³/mol. The van der Waals surface area contributed by atoms with E-state index in [2.05, 4.69) is 10.6 Å². The molecule has 0 unspecified atom stereocenters. The second kappa shape index (κ2) is 6.77. The first-order valence-electron chi connectivity index (χ1n) is 7.16. The van der Waals surface area contributed by atoms with Gasteiger partial charge in [-0.3, -0.25) is 0 Å². The number of alkyl halides is 3. The molecule has 2 N–H and O–H groups in total. The van der Waals surface area contributed by atoms with E-state index in [1.165, 1.54) is 0 Å². The number of urea groups is 1. The predicted octanol–water partition coefficient (Wildman–Crippen LogP) is 4.89. The average Bonchev–Trinajstić information content (AvgIpc) is 2.43. The number of rotatable bonds is 2. The summed E-state index contributed by atoms with van der Waals surface area (Å²) in [4.78, 5) is 11.9. The molecular formula is C15H18ClF3N2O. The van der Waals surface area contributed by atoms with Crippen molar-refractivity contribution in [3.8, 4) is 0 Å². The van der Waals surface area contributed by atoms with Gasteiger partial charge >= 0.3 is 12.2 Å². The quantitative estimate of drug-likeness (QED) is 0.794. The van der Waals surface area contributed by atoms with Gasteiger partial charge in [0, 0.05) is 16.8 Å². The molecule has 0 heterocycles. The Hall–Kier alpha value is -1.43. The highest BCUT2D eigenvalue weighted by Crippen LogP contribution is 2.37. The fraction of sp³-hybridized carbons (Fsp3) is 0.533. The fourth-order valence-electron chi connectivity index (χ4n) is 2.65. The molecule has 0 spiro atoms. The molecule has 1 fully saturated rings. The van der Waals surface area contributed by atoms with E-state index in [0.29, 0.717) is 23.6 Å². The molecule has 1 saturated carbocycles. The van der Waals surface area contributed by atoms with Crippen LogP contribution in [0.5, 0.6) is 0 Å². The van der Waals surface area contributed by atoms with E-state index >= 15 is 0 Å². The van der Waals surface area contributed by atoms with Crippen molar-refractivity contribution in [2.75, 3.05) is 5.32 Å². The maximum Gasteiger partial charge on any atom is 0.391 e. The van der Waals surface area contributed by atoms with Crippen LogP contribution >= 0.6 is 11.6 Å². The summed E-state index contributed by atoms with van der Waals surface area (Å²) in [6.45, 7) is 1.78. The van der Waals surface area contributed by atoms with Gasteiger partial charge in [0.25, 0.3) is 0 Å². The summed E-state index contributed by atoms with van der Waals surface area (Å²) < 4.78 is 37.8. The number of benzene rings is 1. The van der Waals surface area contributed by atoms with E-state index in [4.69, 9.17) is 11.6 Å². The van der Waals surface area contributed by atoms with Crippen LogP contribution in [0.2, 0.25) is 5.02 Å². The van der Waals surface area contributed by atoms with Crippen molar-refractivity contribution >= 4 is 23.3 Å². The van der Waals surface area contributed by atoms with Crippen LogP contribution in [-0.4, -0.2) is 18.2 Å². The van der Waals surface area contributed by atoms with Gasteiger partial charge in [-0.25, -0.2) is 4.79 Å². The van der Waals surface area contributed by atoms with Gasteiger partial charge in [0.05, 0.1) is 5.92 Å². The van der Waals surface area contributed by atoms with E-state index in [0.717, 1.165) is 5.56 Å². The first-order chi connectivity index (χ1) is 10.3. The van der Waals surface area contributed by atoms with Crippen LogP contribution < -0.4 is 10.6 Å². The Kier molecular flexibility index (Phi) is 5.21. The van der Waals surface area contributed by atoms with Gasteiger partial charge in [-0.1, -0.05) is 17.7 Å². The summed E-state index contributed by atoms with van der Waals surface area (Å²) in [6, 6.07) is 4.53. The summed E-state index contributed by atoms with van der Waals surface area (Å²) in [5, 5.41) is 5.95. The molecule has 0 radical (unpaired) electrons. The van der Waals surface area contributed by atoms with Crippen LogP contribution in [0.1, 0.15) is 31.2 Å². The van der Waals surface area contributed by atoms with Crippen molar-refractivity contribution in [2.45, 2.75) is 44.8 Å². The number of hydrogen-bond acceptors (Lipinski definition) is 1. The van der Waals surface area contributed by atoms with Crippen molar-refractivity contribution < 1.29 is 18.0 Å². The summed E-state index contributed by atoms with van der Waals surface area (Å²) in [6.07, 6.45) is -3.33. The van der Waals surface area contributed by atoms with E-state index in [1.807, 2.05) is 0 Å². The van der Waals surface area contributed by atoms with Gasteiger partial charge in [0.2, 0.25) is 0 Å². The van der Waals surface area contributed by atoms with Gasteiger partial charge in [-0.2, -0.15) is 13.2 Å². The lowest BCUT2D eigenvalue weighted by atomic mass is 9.86. The normalized spacial score (nSPS) is 22.2. The van der Waals surface area contributed by atoms with Crippen molar-refractivity contribution in [3.63, 3.8) is 0 Å². The van der Waals surface area contributed by atoms with E-state index in [-0.39, 0.29) is 18.9 Å². The van der Waals surface area contributed by atoms with Gasteiger partial charge in [-0.15, -0.1) is 0 Å². The maximum atomic E-state index is 12.6. The molecule has 0 aromatic heterocycles. The lowest BCUT2D eigenvalue weighted by Gasteiger charge is -2.30. The van der Waals surface area contributed by atoms with Crippen molar-refractivity contribution in [2.24, 2.45) is 5.92 Å². The van der Waals surface area contributed by atoms with E-state index < -0.39 is 18.1 Å². The van der Waals surface area contributed by atoms with Crippen molar-refractivity contribution in [1.29, 1.82) is 0 Å². The van der Waals surface area contributed by atoms with Crippen LogP contribution in [-0.2, 0) is 0 Å². The van der Waals surface area contributed by atoms with E-state index in [1.54, 1.807) is 25.1 Å². The Bertz CT molecular complexity index is 540. The zero-order valence-corrected chi connectivity index (χ0v) is 12.9. The van der Waals surface area contributed by atoms with Crippen LogP contribution in [0.3, 0.4) is 0 Å². The van der Waals surface area contributed by atoms with Crippen LogP contribution in [0, 0.1) is 12.8 Å². The van der Waals surface area contributed by atoms with Crippen LogP contribution in [0.4, 0.5) is 23.7 Å². The Morgan fingerprint density at radius 3 is 2.45 bits per heavy atom. The topological polar surface area (TPSA) is 41.1 Å². The summed E-state index contributed by atoms with van der Waals surface area (Å²) in [7, 11) is 0. The SMILES string of the molecule is Cc1c(Cl)cccc1NC(=O)NC1CCC(C(F)(F)F)CC1. The van der Waals surface area contributed by atoms with Crippen molar-refractivity contribution in [1.82, 2.24) is 5.32 Å². The third-order valence-electron chi connectivity index (χ3n) is 4.04. The first kappa shape index (κ1) is 16.9. The first-order valence-corrected chi connectivity index (χ1v) is 7.54. The van der Waals surface area contributed by atoms with Gasteiger partial charge < -0.3 is 10.6 Å². The van der Waals surface area contributed by atoms with Gasteiger partial charge in [-0.05, 0) is 50.3 Å². The minimum Gasteiger partial charge on any atom is -0.335 e. The Balaban J connectivity index is 1.85. The smallest absolute Gasteiger partial charge is 0.335 e. The summed E-state index contributed by atoms with van der Waals surface area (Å²) >= 11 is 5.97. The molecule has 1 aromatic rings. The second-order valence-corrected chi connectivity index (χ2v) is 6.01. The highest BCUT2D eigenvalue weighted by molar-refractivity contribution is 6.31. The third kappa shape index (κ3) is 4.29. The molecule has 0 atom stereocenters.